The van der Waals surface area contributed by atoms with Crippen LogP contribution in [0.25, 0.3) is 0 Å². The molecule has 0 spiro atoms. The summed E-state index contributed by atoms with van der Waals surface area (Å²) < 4.78 is 0. The summed E-state index contributed by atoms with van der Waals surface area (Å²) in [5.41, 5.74) is 2.86. The first-order valence-corrected chi connectivity index (χ1v) is 10.4. The van der Waals surface area contributed by atoms with Gasteiger partial charge in [0, 0.05) is 25.6 Å². The van der Waals surface area contributed by atoms with E-state index >= 15 is 0 Å². The molecule has 0 bridgehead atoms. The molecule has 0 aliphatic carbocycles. The molecule has 1 fully saturated rings. The van der Waals surface area contributed by atoms with Crippen molar-refractivity contribution < 1.29 is 4.79 Å². The van der Waals surface area contributed by atoms with Gasteiger partial charge < -0.3 is 10.2 Å². The number of hydrogen-bond donors (Lipinski definition) is 1. The van der Waals surface area contributed by atoms with E-state index in [-0.39, 0.29) is 17.2 Å². The van der Waals surface area contributed by atoms with E-state index in [0.717, 1.165) is 45.6 Å². The molecule has 1 amide bonds. The quantitative estimate of drug-likeness (QED) is 0.754. The minimum Gasteiger partial charge on any atom is -0.355 e. The van der Waals surface area contributed by atoms with E-state index in [2.05, 4.69) is 81.2 Å². The Labute approximate surface area is 166 Å². The highest BCUT2D eigenvalue weighted by Gasteiger charge is 2.27. The molecule has 1 aliphatic heterocycles. The minimum atomic E-state index is 0.0992. The van der Waals surface area contributed by atoms with E-state index in [1.165, 1.54) is 11.1 Å². The number of nitrogens with one attached hydrogen (secondary N) is 1. The van der Waals surface area contributed by atoms with E-state index in [4.69, 9.17) is 0 Å². The van der Waals surface area contributed by atoms with Crippen LogP contribution in [-0.4, -0.2) is 56.0 Å². The van der Waals surface area contributed by atoms with Gasteiger partial charge in [-0.15, -0.1) is 0 Å². The summed E-state index contributed by atoms with van der Waals surface area (Å²) in [7, 11) is 4.16. The third-order valence-corrected chi connectivity index (χ3v) is 5.50. The molecule has 1 aromatic rings. The zero-order valence-electron chi connectivity index (χ0n) is 18.2. The van der Waals surface area contributed by atoms with E-state index in [9.17, 15) is 4.79 Å². The van der Waals surface area contributed by atoms with Crippen molar-refractivity contribution in [3.05, 3.63) is 35.4 Å². The fourth-order valence-electron chi connectivity index (χ4n) is 4.00. The highest BCUT2D eigenvalue weighted by Crippen LogP contribution is 2.21. The third-order valence-electron chi connectivity index (χ3n) is 5.50. The number of nitrogens with zero attached hydrogens (tertiary/aromatic N) is 2. The van der Waals surface area contributed by atoms with Crippen molar-refractivity contribution in [2.75, 3.05) is 40.3 Å². The number of likely N-dealkylation sites (tertiary alicyclic amines) is 1. The predicted octanol–water partition coefficient (Wildman–Crippen LogP) is 3.73. The molecule has 1 aromatic carbocycles. The predicted molar refractivity (Wildman–Crippen MR) is 114 cm³/mol. The van der Waals surface area contributed by atoms with Crippen LogP contribution in [0.5, 0.6) is 0 Å². The molecule has 1 aliphatic rings. The van der Waals surface area contributed by atoms with Crippen molar-refractivity contribution in [1.82, 2.24) is 15.1 Å². The molecule has 152 valence electrons. The molecule has 27 heavy (non-hydrogen) atoms. The van der Waals surface area contributed by atoms with Gasteiger partial charge in [0.25, 0.3) is 0 Å². The largest absolute Gasteiger partial charge is 0.355 e. The Morgan fingerprint density at radius 1 is 1.19 bits per heavy atom. The highest BCUT2D eigenvalue weighted by molar-refractivity contribution is 5.78. The van der Waals surface area contributed by atoms with Gasteiger partial charge in [-0.05, 0) is 62.5 Å². The van der Waals surface area contributed by atoms with Crippen LogP contribution in [0, 0.1) is 11.3 Å². The summed E-state index contributed by atoms with van der Waals surface area (Å²) in [4.78, 5) is 17.2. The number of hydrogen-bond acceptors (Lipinski definition) is 3. The average Bonchev–Trinajstić information content (AvgIpc) is 2.60. The van der Waals surface area contributed by atoms with Crippen LogP contribution in [0.2, 0.25) is 0 Å². The molecule has 1 saturated heterocycles. The monoisotopic (exact) mass is 373 g/mol. The maximum absolute atomic E-state index is 12.6. The minimum absolute atomic E-state index is 0.0992. The lowest BCUT2D eigenvalue weighted by Crippen LogP contribution is -2.44. The van der Waals surface area contributed by atoms with Gasteiger partial charge in [0.05, 0.1) is 0 Å². The van der Waals surface area contributed by atoms with Crippen LogP contribution in [0.1, 0.15) is 57.6 Å². The summed E-state index contributed by atoms with van der Waals surface area (Å²) in [6, 6.07) is 8.99. The molecule has 1 N–H and O–H groups in total. The fraction of sp³-hybridized carbons (Fsp3) is 0.696. The number of piperidine rings is 1. The first kappa shape index (κ1) is 21.9. The zero-order chi connectivity index (χ0) is 20.0. The molecule has 0 unspecified atom stereocenters. The van der Waals surface area contributed by atoms with Crippen LogP contribution >= 0.6 is 0 Å². The first-order valence-electron chi connectivity index (χ1n) is 10.4. The lowest BCUT2D eigenvalue weighted by molar-refractivity contribution is -0.127. The Morgan fingerprint density at radius 2 is 1.78 bits per heavy atom. The van der Waals surface area contributed by atoms with Crippen molar-refractivity contribution in [3.63, 3.8) is 0 Å². The molecule has 4 nitrogen and oxygen atoms in total. The highest BCUT2D eigenvalue weighted by atomic mass is 16.1. The lowest BCUT2D eigenvalue weighted by Gasteiger charge is -2.33. The Morgan fingerprint density at radius 3 is 2.30 bits per heavy atom. The van der Waals surface area contributed by atoms with Crippen LogP contribution in [-0.2, 0) is 11.3 Å². The van der Waals surface area contributed by atoms with Gasteiger partial charge in [-0.25, -0.2) is 0 Å². The second-order valence-electron chi connectivity index (χ2n) is 9.57. The van der Waals surface area contributed by atoms with Crippen LogP contribution < -0.4 is 5.32 Å². The van der Waals surface area contributed by atoms with Gasteiger partial charge in [-0.3, -0.25) is 9.69 Å². The smallest absolute Gasteiger partial charge is 0.223 e. The maximum Gasteiger partial charge on any atom is 0.223 e. The van der Waals surface area contributed by atoms with E-state index in [1.807, 2.05) is 0 Å². The van der Waals surface area contributed by atoms with Gasteiger partial charge in [0.1, 0.15) is 0 Å². The van der Waals surface area contributed by atoms with Crippen molar-refractivity contribution >= 4 is 5.91 Å². The molecular formula is C23H39N3O. The standard InChI is InChI=1S/C23H39N3O/c1-18(2)20-9-7-19(8-10-20)15-26-13-11-21(12-14-26)22(27)24-16-23(3,4)17-25(5)6/h7-10,18,21H,11-17H2,1-6H3,(H,24,27). The lowest BCUT2D eigenvalue weighted by atomic mass is 9.91. The van der Waals surface area contributed by atoms with E-state index in [0.29, 0.717) is 5.92 Å². The van der Waals surface area contributed by atoms with Crippen LogP contribution in [0.4, 0.5) is 0 Å². The molecule has 0 saturated carbocycles. The molecule has 0 radical (unpaired) electrons. The number of carbonyl (C=O) groups excluding carboxylic acids is 1. The zero-order valence-corrected chi connectivity index (χ0v) is 18.2. The SMILES string of the molecule is CC(C)c1ccc(CN2CCC(C(=O)NCC(C)(C)CN(C)C)CC2)cc1. The normalized spacial score (nSPS) is 16.9. The molecule has 1 heterocycles. The van der Waals surface area contributed by atoms with E-state index in [1.54, 1.807) is 0 Å². The summed E-state index contributed by atoms with van der Waals surface area (Å²) in [5, 5.41) is 3.20. The second-order valence-corrected chi connectivity index (χ2v) is 9.57. The summed E-state index contributed by atoms with van der Waals surface area (Å²) in [5.74, 6) is 0.985. The van der Waals surface area contributed by atoms with Gasteiger partial charge in [-0.2, -0.15) is 0 Å². The van der Waals surface area contributed by atoms with Crippen LogP contribution in [0.3, 0.4) is 0 Å². The average molecular weight is 374 g/mol. The molecule has 4 heteroatoms. The Hall–Kier alpha value is -1.39. The Balaban J connectivity index is 1.75. The molecular weight excluding hydrogens is 334 g/mol. The van der Waals surface area contributed by atoms with Gasteiger partial charge in [0.15, 0.2) is 0 Å². The van der Waals surface area contributed by atoms with Crippen molar-refractivity contribution in [3.8, 4) is 0 Å². The van der Waals surface area contributed by atoms with Crippen molar-refractivity contribution in [1.29, 1.82) is 0 Å². The number of rotatable bonds is 8. The maximum atomic E-state index is 12.6. The second kappa shape index (κ2) is 9.70. The number of amides is 1. The van der Waals surface area contributed by atoms with Crippen molar-refractivity contribution in [2.24, 2.45) is 11.3 Å². The van der Waals surface area contributed by atoms with Crippen LogP contribution in [0.15, 0.2) is 24.3 Å². The Bertz CT molecular complexity index is 584. The number of benzene rings is 1. The molecule has 0 aromatic heterocycles. The summed E-state index contributed by atoms with van der Waals surface area (Å²) in [6.45, 7) is 13.6. The summed E-state index contributed by atoms with van der Waals surface area (Å²) in [6.07, 6.45) is 1.92. The third kappa shape index (κ3) is 7.27. The first-order chi connectivity index (χ1) is 12.7. The summed E-state index contributed by atoms with van der Waals surface area (Å²) >= 11 is 0. The molecule has 0 atom stereocenters. The Kier molecular flexibility index (Phi) is 7.87. The van der Waals surface area contributed by atoms with Gasteiger partial charge in [0.2, 0.25) is 5.91 Å². The van der Waals surface area contributed by atoms with Gasteiger partial charge in [-0.1, -0.05) is 52.0 Å². The number of carbonyl (C=O) groups is 1. The van der Waals surface area contributed by atoms with E-state index < -0.39 is 0 Å². The van der Waals surface area contributed by atoms with Gasteiger partial charge >= 0.3 is 0 Å². The fourth-order valence-corrected chi connectivity index (χ4v) is 4.00. The van der Waals surface area contributed by atoms with Crippen molar-refractivity contribution in [2.45, 2.75) is 53.0 Å². The topological polar surface area (TPSA) is 35.6 Å². The molecule has 2 rings (SSSR count).